The van der Waals surface area contributed by atoms with Crippen LogP contribution in [-0.4, -0.2) is 50.2 Å². The quantitative estimate of drug-likeness (QED) is 0.482. The number of hydrogen-bond acceptors (Lipinski definition) is 6. The van der Waals surface area contributed by atoms with E-state index in [1.54, 1.807) is 0 Å². The smallest absolute Gasteiger partial charge is 0.158 e. The molecule has 1 fully saturated rings. The molecule has 16 heavy (non-hydrogen) atoms. The third kappa shape index (κ3) is 1.68. The normalized spacial score (nSPS) is 33.9. The first kappa shape index (κ1) is 11.0. The third-order valence-corrected chi connectivity index (χ3v) is 2.52. The first-order chi connectivity index (χ1) is 7.67. The van der Waals surface area contributed by atoms with Crippen LogP contribution >= 0.6 is 0 Å². The number of nitriles is 1. The average Bonchev–Trinajstić information content (AvgIpc) is 2.86. The van der Waals surface area contributed by atoms with Gasteiger partial charge in [0.05, 0.1) is 6.61 Å². The summed E-state index contributed by atoms with van der Waals surface area (Å²) in [5, 5.41) is 36.7. The van der Waals surface area contributed by atoms with Crippen LogP contribution in [0.25, 0.3) is 0 Å². The van der Waals surface area contributed by atoms with Crippen LogP contribution in [-0.2, 0) is 4.74 Å². The standard InChI is InChI=1S/C9H11N3O4/c10-1-4-2-11-9(12-4)8-7(15)6(14)5(3-13)16-8/h2,5-8,13-15H,3H2,(H,11,12)/t5-,6-,7-,8-/m1/s1. The highest BCUT2D eigenvalue weighted by Crippen LogP contribution is 2.31. The summed E-state index contributed by atoms with van der Waals surface area (Å²) in [4.78, 5) is 6.55. The molecule has 1 aromatic rings. The third-order valence-electron chi connectivity index (χ3n) is 2.52. The molecule has 2 heterocycles. The molecule has 1 aliphatic heterocycles. The minimum Gasteiger partial charge on any atom is -0.394 e. The Bertz CT molecular complexity index is 413. The van der Waals surface area contributed by atoms with Gasteiger partial charge < -0.3 is 25.0 Å². The lowest BCUT2D eigenvalue weighted by Crippen LogP contribution is -2.32. The molecule has 0 aromatic carbocycles. The van der Waals surface area contributed by atoms with E-state index in [0.29, 0.717) is 0 Å². The molecule has 0 radical (unpaired) electrons. The van der Waals surface area contributed by atoms with Gasteiger partial charge in [0, 0.05) is 6.20 Å². The summed E-state index contributed by atoms with van der Waals surface area (Å²) in [5.41, 5.74) is 0.174. The molecule has 86 valence electrons. The second kappa shape index (κ2) is 4.19. The van der Waals surface area contributed by atoms with Crippen molar-refractivity contribution < 1.29 is 20.1 Å². The Hall–Kier alpha value is -1.46. The maximum Gasteiger partial charge on any atom is 0.158 e. The van der Waals surface area contributed by atoms with Crippen LogP contribution in [0.3, 0.4) is 0 Å². The zero-order valence-corrected chi connectivity index (χ0v) is 8.24. The Morgan fingerprint density at radius 2 is 2.25 bits per heavy atom. The zero-order chi connectivity index (χ0) is 11.7. The van der Waals surface area contributed by atoms with E-state index in [1.807, 2.05) is 6.07 Å². The van der Waals surface area contributed by atoms with Crippen LogP contribution in [0.4, 0.5) is 0 Å². The highest BCUT2D eigenvalue weighted by molar-refractivity contribution is 5.19. The number of nitrogens with one attached hydrogen (secondary N) is 1. The van der Waals surface area contributed by atoms with Crippen molar-refractivity contribution in [2.75, 3.05) is 6.61 Å². The number of aromatic nitrogens is 2. The number of aliphatic hydroxyl groups is 3. The highest BCUT2D eigenvalue weighted by Gasteiger charge is 2.44. The Morgan fingerprint density at radius 3 is 2.75 bits per heavy atom. The molecule has 7 nitrogen and oxygen atoms in total. The Kier molecular flexibility index (Phi) is 2.89. The van der Waals surface area contributed by atoms with Crippen LogP contribution in [0.2, 0.25) is 0 Å². The predicted molar refractivity (Wildman–Crippen MR) is 50.0 cm³/mol. The van der Waals surface area contributed by atoms with Gasteiger partial charge >= 0.3 is 0 Å². The Balaban J connectivity index is 2.20. The summed E-state index contributed by atoms with van der Waals surface area (Å²) in [5.74, 6) is 0.263. The molecular weight excluding hydrogens is 214 g/mol. The van der Waals surface area contributed by atoms with Crippen LogP contribution in [0.15, 0.2) is 6.20 Å². The zero-order valence-electron chi connectivity index (χ0n) is 8.24. The van der Waals surface area contributed by atoms with Gasteiger partial charge in [0.15, 0.2) is 5.69 Å². The Morgan fingerprint density at radius 1 is 1.50 bits per heavy atom. The van der Waals surface area contributed by atoms with Crippen LogP contribution in [0.5, 0.6) is 0 Å². The topological polar surface area (TPSA) is 122 Å². The number of H-pyrrole nitrogens is 1. The number of nitrogens with zero attached hydrogens (tertiary/aromatic N) is 2. The summed E-state index contributed by atoms with van der Waals surface area (Å²) in [6.07, 6.45) is -2.64. The number of aliphatic hydroxyl groups excluding tert-OH is 3. The molecular formula is C9H11N3O4. The molecule has 1 aliphatic rings. The van der Waals surface area contributed by atoms with E-state index in [2.05, 4.69) is 9.97 Å². The average molecular weight is 225 g/mol. The fourth-order valence-electron chi connectivity index (χ4n) is 1.67. The van der Waals surface area contributed by atoms with Gasteiger partial charge in [-0.3, -0.25) is 0 Å². The van der Waals surface area contributed by atoms with Crippen molar-refractivity contribution in [3.63, 3.8) is 0 Å². The summed E-state index contributed by atoms with van der Waals surface area (Å²) < 4.78 is 5.23. The van der Waals surface area contributed by atoms with Crippen molar-refractivity contribution in [2.45, 2.75) is 24.4 Å². The van der Waals surface area contributed by atoms with Gasteiger partial charge in [-0.05, 0) is 0 Å². The summed E-state index contributed by atoms with van der Waals surface area (Å²) in [7, 11) is 0. The van der Waals surface area contributed by atoms with Crippen LogP contribution < -0.4 is 0 Å². The van der Waals surface area contributed by atoms with Gasteiger partial charge in [-0.2, -0.15) is 5.26 Å². The first-order valence-electron chi connectivity index (χ1n) is 4.75. The van der Waals surface area contributed by atoms with Gasteiger partial charge in [-0.1, -0.05) is 0 Å². The van der Waals surface area contributed by atoms with Crippen molar-refractivity contribution in [3.05, 3.63) is 17.7 Å². The lowest BCUT2D eigenvalue weighted by atomic mass is 10.1. The van der Waals surface area contributed by atoms with E-state index >= 15 is 0 Å². The number of aromatic amines is 1. The molecule has 0 saturated carbocycles. The maximum atomic E-state index is 9.67. The van der Waals surface area contributed by atoms with Crippen LogP contribution in [0.1, 0.15) is 17.6 Å². The molecule has 2 rings (SSSR count). The second-order valence-electron chi connectivity index (χ2n) is 3.54. The lowest BCUT2D eigenvalue weighted by Gasteiger charge is -2.11. The molecule has 4 atom stereocenters. The molecule has 0 bridgehead atoms. The van der Waals surface area contributed by atoms with E-state index in [9.17, 15) is 10.2 Å². The van der Waals surface area contributed by atoms with E-state index in [4.69, 9.17) is 15.1 Å². The number of imidazole rings is 1. The van der Waals surface area contributed by atoms with Crippen molar-refractivity contribution in [3.8, 4) is 6.07 Å². The minimum absolute atomic E-state index is 0.174. The fourth-order valence-corrected chi connectivity index (χ4v) is 1.67. The number of hydrogen-bond donors (Lipinski definition) is 4. The molecule has 1 aromatic heterocycles. The van der Waals surface area contributed by atoms with E-state index in [0.717, 1.165) is 0 Å². The predicted octanol–water partition coefficient (Wildman–Crippen LogP) is -1.56. The van der Waals surface area contributed by atoms with Crippen molar-refractivity contribution in [2.24, 2.45) is 0 Å². The number of ether oxygens (including phenoxy) is 1. The summed E-state index contributed by atoms with van der Waals surface area (Å²) >= 11 is 0. The minimum atomic E-state index is -1.17. The monoisotopic (exact) mass is 225 g/mol. The number of rotatable bonds is 2. The molecule has 0 unspecified atom stereocenters. The molecule has 1 saturated heterocycles. The fraction of sp³-hybridized carbons (Fsp3) is 0.556. The lowest BCUT2D eigenvalue weighted by molar-refractivity contribution is -0.0250. The molecule has 7 heteroatoms. The Labute approximate surface area is 90.9 Å². The van der Waals surface area contributed by atoms with E-state index in [-0.39, 0.29) is 18.1 Å². The summed E-state index contributed by atoms with van der Waals surface area (Å²) in [6, 6.07) is 1.83. The van der Waals surface area contributed by atoms with E-state index < -0.39 is 24.4 Å². The van der Waals surface area contributed by atoms with Crippen molar-refractivity contribution in [1.29, 1.82) is 5.26 Å². The second-order valence-corrected chi connectivity index (χ2v) is 3.54. The van der Waals surface area contributed by atoms with E-state index in [1.165, 1.54) is 6.20 Å². The highest BCUT2D eigenvalue weighted by atomic mass is 16.6. The molecule has 4 N–H and O–H groups in total. The van der Waals surface area contributed by atoms with Crippen molar-refractivity contribution >= 4 is 0 Å². The van der Waals surface area contributed by atoms with Gasteiger partial charge in [0.1, 0.15) is 36.3 Å². The van der Waals surface area contributed by atoms with Gasteiger partial charge in [0.25, 0.3) is 0 Å². The van der Waals surface area contributed by atoms with Gasteiger partial charge in [-0.25, -0.2) is 4.98 Å². The molecule has 0 aliphatic carbocycles. The van der Waals surface area contributed by atoms with Crippen LogP contribution in [0, 0.1) is 11.3 Å². The van der Waals surface area contributed by atoms with Gasteiger partial charge in [-0.15, -0.1) is 0 Å². The summed E-state index contributed by atoms with van der Waals surface area (Å²) in [6.45, 7) is -0.388. The molecule has 0 spiro atoms. The van der Waals surface area contributed by atoms with Crippen molar-refractivity contribution in [1.82, 2.24) is 9.97 Å². The molecule has 0 amide bonds. The van der Waals surface area contributed by atoms with Gasteiger partial charge in [0.2, 0.25) is 0 Å². The SMILES string of the molecule is N#Cc1c[nH]c([C@@H]2O[C@H](CO)[C@@H](O)[C@H]2O)n1. The first-order valence-corrected chi connectivity index (χ1v) is 4.75. The maximum absolute atomic E-state index is 9.67. The largest absolute Gasteiger partial charge is 0.394 e.